The quantitative estimate of drug-likeness (QED) is 0.417. The number of benzene rings is 2. The summed E-state index contributed by atoms with van der Waals surface area (Å²) in [5, 5.41) is 10.1. The standard InChI is InChI=1S/C30H32FN3O4/c1-29(2,3)34(28(36)37)30(14-7-15-30)22-12-10-21(11-13-22)26-23(20-8-5-4-6-9-20)18-24-27(32-26)38-19-25(35)33(24)17-16-31/h4-6,8-13,18H,7,14-17,19H2,1-3H3,(H,36,37). The van der Waals surface area contributed by atoms with Crippen LogP contribution in [-0.2, 0) is 10.3 Å². The maximum absolute atomic E-state index is 13.3. The van der Waals surface area contributed by atoms with Gasteiger partial charge < -0.3 is 14.7 Å². The lowest BCUT2D eigenvalue weighted by Gasteiger charge is -2.54. The summed E-state index contributed by atoms with van der Waals surface area (Å²) in [6.07, 6.45) is 1.59. The molecule has 2 heterocycles. The second-order valence-electron chi connectivity index (χ2n) is 10.8. The Morgan fingerprint density at radius 1 is 1.11 bits per heavy atom. The minimum Gasteiger partial charge on any atom is -0.466 e. The summed E-state index contributed by atoms with van der Waals surface area (Å²) in [6.45, 7) is 4.86. The largest absolute Gasteiger partial charge is 0.466 e. The van der Waals surface area contributed by atoms with Gasteiger partial charge in [-0.3, -0.25) is 9.69 Å². The van der Waals surface area contributed by atoms with Crippen LogP contribution in [0.5, 0.6) is 5.88 Å². The van der Waals surface area contributed by atoms with Gasteiger partial charge in [0.15, 0.2) is 6.61 Å². The molecule has 0 unspecified atom stereocenters. The highest BCUT2D eigenvalue weighted by Crippen LogP contribution is 2.50. The fourth-order valence-corrected chi connectivity index (χ4v) is 5.72. The number of nitrogens with zero attached hydrogens (tertiary/aromatic N) is 3. The third kappa shape index (κ3) is 4.38. The van der Waals surface area contributed by atoms with Gasteiger partial charge in [-0.15, -0.1) is 0 Å². The number of carboxylic acid groups (broad SMARTS) is 1. The highest BCUT2D eigenvalue weighted by atomic mass is 19.1. The molecule has 2 aromatic carbocycles. The topological polar surface area (TPSA) is 83.0 Å². The fourth-order valence-electron chi connectivity index (χ4n) is 5.72. The molecule has 1 aliphatic carbocycles. The molecule has 0 bridgehead atoms. The Labute approximate surface area is 221 Å². The van der Waals surface area contributed by atoms with E-state index in [9.17, 15) is 19.1 Å². The predicted octanol–water partition coefficient (Wildman–Crippen LogP) is 6.27. The van der Waals surface area contributed by atoms with Crippen LogP contribution in [0.4, 0.5) is 14.9 Å². The Morgan fingerprint density at radius 2 is 1.79 bits per heavy atom. The number of ether oxygens (including phenoxy) is 1. The van der Waals surface area contributed by atoms with Crippen molar-refractivity contribution >= 4 is 17.7 Å². The van der Waals surface area contributed by atoms with Gasteiger partial charge in [-0.05, 0) is 57.2 Å². The smallest absolute Gasteiger partial charge is 0.408 e. The summed E-state index contributed by atoms with van der Waals surface area (Å²) in [7, 11) is 0. The van der Waals surface area contributed by atoms with Crippen molar-refractivity contribution in [1.82, 2.24) is 9.88 Å². The molecule has 1 saturated carbocycles. The summed E-state index contributed by atoms with van der Waals surface area (Å²) >= 11 is 0. The molecule has 38 heavy (non-hydrogen) atoms. The lowest BCUT2D eigenvalue weighted by Crippen LogP contribution is -2.60. The number of hydrogen-bond acceptors (Lipinski definition) is 4. The van der Waals surface area contributed by atoms with Crippen LogP contribution < -0.4 is 9.64 Å². The average molecular weight is 518 g/mol. The molecule has 3 aromatic rings. The van der Waals surface area contributed by atoms with Crippen molar-refractivity contribution < 1.29 is 23.8 Å². The molecule has 198 valence electrons. The summed E-state index contributed by atoms with van der Waals surface area (Å²) < 4.78 is 18.9. The van der Waals surface area contributed by atoms with Crippen LogP contribution in [0.15, 0.2) is 60.7 Å². The van der Waals surface area contributed by atoms with Crippen LogP contribution in [0.25, 0.3) is 22.4 Å². The van der Waals surface area contributed by atoms with E-state index < -0.39 is 23.8 Å². The Kier molecular flexibility index (Phi) is 6.59. The fraction of sp³-hybridized carbons (Fsp3) is 0.367. The Morgan fingerprint density at radius 3 is 2.34 bits per heavy atom. The lowest BCUT2D eigenvalue weighted by molar-refractivity contribution is -0.121. The first-order chi connectivity index (χ1) is 18.2. The number of alkyl halides is 1. The molecular weight excluding hydrogens is 485 g/mol. The molecule has 0 spiro atoms. The van der Waals surface area contributed by atoms with Gasteiger partial charge in [0, 0.05) is 16.7 Å². The monoisotopic (exact) mass is 517 g/mol. The first-order valence-electron chi connectivity index (χ1n) is 12.9. The van der Waals surface area contributed by atoms with E-state index in [1.807, 2.05) is 81.4 Å². The first kappa shape index (κ1) is 25.7. The van der Waals surface area contributed by atoms with Gasteiger partial charge in [0.25, 0.3) is 5.91 Å². The molecular formula is C30H32FN3O4. The van der Waals surface area contributed by atoms with Crippen molar-refractivity contribution in [2.45, 2.75) is 51.1 Å². The maximum Gasteiger partial charge on any atom is 0.408 e. The van der Waals surface area contributed by atoms with Crippen LogP contribution in [-0.4, -0.2) is 52.4 Å². The second kappa shape index (κ2) is 9.74. The van der Waals surface area contributed by atoms with Gasteiger partial charge in [0.1, 0.15) is 12.4 Å². The Hall–Kier alpha value is -3.94. The number of aromatic nitrogens is 1. The summed E-state index contributed by atoms with van der Waals surface area (Å²) in [6, 6.07) is 19.5. The number of halogens is 1. The molecule has 5 rings (SSSR count). The number of rotatable bonds is 6. The molecule has 1 fully saturated rings. The Bertz CT molecular complexity index is 1350. The van der Waals surface area contributed by atoms with Gasteiger partial charge >= 0.3 is 6.09 Å². The van der Waals surface area contributed by atoms with Gasteiger partial charge in [-0.1, -0.05) is 54.6 Å². The van der Waals surface area contributed by atoms with Gasteiger partial charge in [-0.2, -0.15) is 0 Å². The van der Waals surface area contributed by atoms with Crippen molar-refractivity contribution in [3.05, 3.63) is 66.2 Å². The van der Waals surface area contributed by atoms with E-state index in [4.69, 9.17) is 9.72 Å². The van der Waals surface area contributed by atoms with E-state index in [2.05, 4.69) is 0 Å². The number of anilines is 1. The molecule has 0 saturated heterocycles. The summed E-state index contributed by atoms with van der Waals surface area (Å²) in [4.78, 5) is 32.6. The van der Waals surface area contributed by atoms with Crippen LogP contribution in [0.2, 0.25) is 0 Å². The van der Waals surface area contributed by atoms with Gasteiger partial charge in [-0.25, -0.2) is 14.2 Å². The zero-order valence-corrected chi connectivity index (χ0v) is 21.9. The van der Waals surface area contributed by atoms with E-state index >= 15 is 0 Å². The Balaban J connectivity index is 1.61. The normalized spacial score (nSPS) is 16.3. The molecule has 1 aromatic heterocycles. The van der Waals surface area contributed by atoms with E-state index in [0.29, 0.717) is 11.4 Å². The zero-order chi connectivity index (χ0) is 27.1. The van der Waals surface area contributed by atoms with E-state index in [1.54, 1.807) is 4.90 Å². The van der Waals surface area contributed by atoms with Gasteiger partial charge in [0.05, 0.1) is 17.8 Å². The molecule has 2 amide bonds. The third-order valence-corrected chi connectivity index (χ3v) is 7.45. The molecule has 1 N–H and O–H groups in total. The minimum atomic E-state index is -0.923. The predicted molar refractivity (Wildman–Crippen MR) is 144 cm³/mol. The van der Waals surface area contributed by atoms with Crippen LogP contribution in [0, 0.1) is 0 Å². The lowest BCUT2D eigenvalue weighted by atomic mass is 9.69. The third-order valence-electron chi connectivity index (χ3n) is 7.45. The molecule has 2 aliphatic rings. The molecule has 0 atom stereocenters. The summed E-state index contributed by atoms with van der Waals surface area (Å²) in [5.74, 6) is -0.0160. The number of carbonyl (C=O) groups excluding carboxylic acids is 1. The van der Waals surface area contributed by atoms with Crippen LogP contribution in [0.1, 0.15) is 45.6 Å². The number of fused-ring (bicyclic) bond motifs is 1. The molecule has 8 heteroatoms. The number of amides is 2. The maximum atomic E-state index is 13.3. The molecule has 0 radical (unpaired) electrons. The number of pyridine rings is 1. The van der Waals surface area contributed by atoms with Crippen molar-refractivity contribution in [3.63, 3.8) is 0 Å². The van der Waals surface area contributed by atoms with Crippen molar-refractivity contribution in [3.8, 4) is 28.3 Å². The molecule has 7 nitrogen and oxygen atoms in total. The average Bonchev–Trinajstić information content (AvgIpc) is 2.87. The van der Waals surface area contributed by atoms with E-state index in [0.717, 1.165) is 41.5 Å². The van der Waals surface area contributed by atoms with E-state index in [1.165, 1.54) is 4.90 Å². The van der Waals surface area contributed by atoms with Crippen molar-refractivity contribution in [1.29, 1.82) is 0 Å². The van der Waals surface area contributed by atoms with E-state index in [-0.39, 0.29) is 24.9 Å². The zero-order valence-electron chi connectivity index (χ0n) is 21.9. The van der Waals surface area contributed by atoms with Crippen molar-refractivity contribution in [2.75, 3.05) is 24.7 Å². The summed E-state index contributed by atoms with van der Waals surface area (Å²) in [5.41, 5.74) is 3.49. The molecule has 1 aliphatic heterocycles. The SMILES string of the molecule is CC(C)(C)N(C(=O)O)C1(c2ccc(-c3nc4c(cc3-c3ccccc3)N(CCF)C(=O)CO4)cc2)CCC1. The highest BCUT2D eigenvalue weighted by molar-refractivity contribution is 5.99. The number of hydrogen-bond donors (Lipinski definition) is 1. The highest BCUT2D eigenvalue weighted by Gasteiger charge is 2.50. The minimum absolute atomic E-state index is 0.0604. The van der Waals surface area contributed by atoms with Crippen LogP contribution in [0.3, 0.4) is 0 Å². The second-order valence-corrected chi connectivity index (χ2v) is 10.8. The van der Waals surface area contributed by atoms with Gasteiger partial charge in [0.2, 0.25) is 5.88 Å². The van der Waals surface area contributed by atoms with Crippen LogP contribution >= 0.6 is 0 Å². The first-order valence-corrected chi connectivity index (χ1v) is 12.9. The van der Waals surface area contributed by atoms with Crippen molar-refractivity contribution in [2.24, 2.45) is 0 Å². The number of carbonyl (C=O) groups is 2.